The molecule has 0 spiro atoms. The van der Waals surface area contributed by atoms with Crippen molar-refractivity contribution in [3.05, 3.63) is 11.7 Å². The van der Waals surface area contributed by atoms with Gasteiger partial charge in [-0.25, -0.2) is 10.8 Å². The Kier molecular flexibility index (Phi) is 6.74. The quantitative estimate of drug-likeness (QED) is 0.202. The normalized spacial score (nSPS) is 11.6. The van der Waals surface area contributed by atoms with Gasteiger partial charge in [-0.1, -0.05) is 5.16 Å². The molecule has 0 amide bonds. The summed E-state index contributed by atoms with van der Waals surface area (Å²) in [5.74, 6) is 6.88. The molecule has 0 aliphatic rings. The minimum Gasteiger partial charge on any atom is -0.382 e. The lowest BCUT2D eigenvalue weighted by molar-refractivity contribution is 0.145. The molecule has 1 aromatic rings. The second-order valence-corrected chi connectivity index (χ2v) is 3.52. The van der Waals surface area contributed by atoms with Crippen LogP contribution >= 0.6 is 0 Å². The maximum atomic E-state index is 5.34. The van der Waals surface area contributed by atoms with E-state index >= 15 is 0 Å². The fourth-order valence-electron chi connectivity index (χ4n) is 1.23. The predicted octanol–water partition coefficient (Wildman–Crippen LogP) is -0.286. The average Bonchev–Trinajstić information content (AvgIpc) is 2.78. The number of nitrogens with two attached hydrogens (primary N) is 1. The van der Waals surface area contributed by atoms with Crippen molar-refractivity contribution in [2.75, 3.05) is 19.8 Å². The van der Waals surface area contributed by atoms with Gasteiger partial charge in [-0.2, -0.15) is 4.98 Å². The summed E-state index contributed by atoms with van der Waals surface area (Å²) in [5, 5.41) is 6.72. The second kappa shape index (κ2) is 8.43. The summed E-state index contributed by atoms with van der Waals surface area (Å²) in [6.45, 7) is 6.18. The number of hydrogen-bond donors (Lipinski definition) is 3. The van der Waals surface area contributed by atoms with Crippen molar-refractivity contribution in [3.63, 3.8) is 0 Å². The van der Waals surface area contributed by atoms with E-state index < -0.39 is 0 Å². The number of hydrogen-bond acceptors (Lipinski definition) is 6. The molecular weight excluding hydrogens is 236 g/mol. The summed E-state index contributed by atoms with van der Waals surface area (Å²) in [6, 6.07) is 0. The van der Waals surface area contributed by atoms with Crippen LogP contribution < -0.4 is 16.6 Å². The third-order valence-corrected chi connectivity index (χ3v) is 2.04. The minimum atomic E-state index is 0.291. The van der Waals surface area contributed by atoms with Gasteiger partial charge in [0, 0.05) is 19.8 Å². The van der Waals surface area contributed by atoms with Crippen LogP contribution in [0.4, 0.5) is 0 Å². The lowest BCUT2D eigenvalue weighted by atomic mass is 10.4. The second-order valence-electron chi connectivity index (χ2n) is 3.52. The Morgan fingerprint density at radius 2 is 2.39 bits per heavy atom. The number of aliphatic imine (C=N–C) groups is 1. The smallest absolute Gasteiger partial charge is 0.248 e. The standard InChI is InChI=1S/C10H20N6O2/c1-3-17-6-4-5-12-10(15-11)13-7-9-14-8(2)16-18-9/h3-7,11H2,1-2H3,(H2,12,13,15). The average molecular weight is 256 g/mol. The third-order valence-electron chi connectivity index (χ3n) is 2.04. The van der Waals surface area contributed by atoms with E-state index in [1.54, 1.807) is 6.92 Å². The van der Waals surface area contributed by atoms with E-state index in [0.717, 1.165) is 19.6 Å². The van der Waals surface area contributed by atoms with E-state index in [-0.39, 0.29) is 0 Å². The van der Waals surface area contributed by atoms with Crippen LogP contribution in [-0.2, 0) is 11.3 Å². The molecule has 8 heteroatoms. The topological polar surface area (TPSA) is 111 Å². The largest absolute Gasteiger partial charge is 0.382 e. The van der Waals surface area contributed by atoms with E-state index in [1.165, 1.54) is 0 Å². The molecule has 1 rings (SSSR count). The zero-order valence-electron chi connectivity index (χ0n) is 10.8. The van der Waals surface area contributed by atoms with Gasteiger partial charge in [0.2, 0.25) is 11.9 Å². The lowest BCUT2D eigenvalue weighted by Crippen LogP contribution is -2.42. The molecular formula is C10H20N6O2. The molecule has 0 aromatic carbocycles. The van der Waals surface area contributed by atoms with Crippen LogP contribution in [0.15, 0.2) is 9.52 Å². The van der Waals surface area contributed by atoms with Crippen LogP contribution in [0.3, 0.4) is 0 Å². The fourth-order valence-corrected chi connectivity index (χ4v) is 1.23. The number of hydrazine groups is 1. The van der Waals surface area contributed by atoms with Crippen molar-refractivity contribution in [3.8, 4) is 0 Å². The monoisotopic (exact) mass is 256 g/mol. The van der Waals surface area contributed by atoms with Crippen molar-refractivity contribution in [1.29, 1.82) is 0 Å². The SMILES string of the molecule is CCOCCCNC(=NCc1nc(C)no1)NN. The first-order chi connectivity index (χ1) is 8.76. The highest BCUT2D eigenvalue weighted by molar-refractivity contribution is 5.78. The number of aromatic nitrogens is 2. The highest BCUT2D eigenvalue weighted by atomic mass is 16.5. The van der Waals surface area contributed by atoms with Crippen molar-refractivity contribution in [2.24, 2.45) is 10.8 Å². The summed E-state index contributed by atoms with van der Waals surface area (Å²) in [5.41, 5.74) is 2.48. The van der Waals surface area contributed by atoms with Gasteiger partial charge in [0.25, 0.3) is 0 Å². The zero-order chi connectivity index (χ0) is 13.2. The molecule has 0 atom stereocenters. The molecule has 8 nitrogen and oxygen atoms in total. The molecule has 0 aliphatic carbocycles. The Labute approximate surface area is 106 Å². The lowest BCUT2D eigenvalue weighted by Gasteiger charge is -2.08. The molecule has 0 fully saturated rings. The van der Waals surface area contributed by atoms with Crippen LogP contribution in [0.25, 0.3) is 0 Å². The molecule has 0 bridgehead atoms. The Morgan fingerprint density at radius 3 is 3.00 bits per heavy atom. The molecule has 0 radical (unpaired) electrons. The first-order valence-corrected chi connectivity index (χ1v) is 5.88. The van der Waals surface area contributed by atoms with Crippen molar-refractivity contribution >= 4 is 5.96 Å². The van der Waals surface area contributed by atoms with E-state index in [4.69, 9.17) is 15.1 Å². The maximum absolute atomic E-state index is 5.34. The highest BCUT2D eigenvalue weighted by Gasteiger charge is 2.02. The third kappa shape index (κ3) is 5.60. The van der Waals surface area contributed by atoms with Gasteiger partial charge >= 0.3 is 0 Å². The predicted molar refractivity (Wildman–Crippen MR) is 66.6 cm³/mol. The molecule has 18 heavy (non-hydrogen) atoms. The van der Waals surface area contributed by atoms with Crippen molar-refractivity contribution in [1.82, 2.24) is 20.9 Å². The van der Waals surface area contributed by atoms with Gasteiger partial charge in [-0.15, -0.1) is 0 Å². The van der Waals surface area contributed by atoms with Crippen LogP contribution in [-0.4, -0.2) is 35.9 Å². The molecule has 0 saturated heterocycles. The summed E-state index contributed by atoms with van der Waals surface area (Å²) in [6.07, 6.45) is 0.883. The van der Waals surface area contributed by atoms with Crippen LogP contribution in [0.2, 0.25) is 0 Å². The molecule has 1 aromatic heterocycles. The molecule has 4 N–H and O–H groups in total. The first kappa shape index (κ1) is 14.4. The molecule has 0 unspecified atom stereocenters. The number of rotatable bonds is 7. The Morgan fingerprint density at radius 1 is 1.56 bits per heavy atom. The van der Waals surface area contributed by atoms with Gasteiger partial charge < -0.3 is 14.6 Å². The van der Waals surface area contributed by atoms with Crippen LogP contribution in [0.5, 0.6) is 0 Å². The molecule has 1 heterocycles. The summed E-state index contributed by atoms with van der Waals surface area (Å²) in [4.78, 5) is 8.21. The van der Waals surface area contributed by atoms with E-state index in [0.29, 0.717) is 30.8 Å². The van der Waals surface area contributed by atoms with Gasteiger partial charge in [0.15, 0.2) is 5.82 Å². The van der Waals surface area contributed by atoms with E-state index in [9.17, 15) is 0 Å². The minimum absolute atomic E-state index is 0.291. The fraction of sp³-hybridized carbons (Fsp3) is 0.700. The van der Waals surface area contributed by atoms with Crippen LogP contribution in [0, 0.1) is 6.92 Å². The van der Waals surface area contributed by atoms with Gasteiger partial charge in [-0.3, -0.25) is 5.43 Å². The highest BCUT2D eigenvalue weighted by Crippen LogP contribution is 1.97. The first-order valence-electron chi connectivity index (χ1n) is 5.88. The van der Waals surface area contributed by atoms with Crippen molar-refractivity contribution in [2.45, 2.75) is 26.8 Å². The summed E-state index contributed by atoms with van der Waals surface area (Å²) in [7, 11) is 0. The molecule has 0 aliphatic heterocycles. The van der Waals surface area contributed by atoms with E-state index in [2.05, 4.69) is 25.9 Å². The van der Waals surface area contributed by atoms with E-state index in [1.807, 2.05) is 6.92 Å². The summed E-state index contributed by atoms with van der Waals surface area (Å²) < 4.78 is 10.1. The number of ether oxygens (including phenoxy) is 1. The number of nitrogens with one attached hydrogen (secondary N) is 2. The Bertz CT molecular complexity index is 365. The Hall–Kier alpha value is -1.67. The van der Waals surface area contributed by atoms with Crippen LogP contribution in [0.1, 0.15) is 25.1 Å². The van der Waals surface area contributed by atoms with Gasteiger partial charge in [0.1, 0.15) is 6.54 Å². The van der Waals surface area contributed by atoms with Gasteiger partial charge in [0.05, 0.1) is 0 Å². The Balaban J connectivity index is 2.27. The zero-order valence-corrected chi connectivity index (χ0v) is 10.8. The molecule has 102 valence electrons. The van der Waals surface area contributed by atoms with Gasteiger partial charge in [-0.05, 0) is 20.3 Å². The number of nitrogens with zero attached hydrogens (tertiary/aromatic N) is 3. The maximum Gasteiger partial charge on any atom is 0.248 e. The molecule has 0 saturated carbocycles. The van der Waals surface area contributed by atoms with Crippen molar-refractivity contribution < 1.29 is 9.26 Å². The number of guanidine groups is 1. The summed E-state index contributed by atoms with van der Waals surface area (Å²) >= 11 is 0. The number of aryl methyl sites for hydroxylation is 1.